The molecule has 0 spiro atoms. The van der Waals surface area contributed by atoms with Crippen molar-refractivity contribution in [1.29, 1.82) is 0 Å². The normalized spacial score (nSPS) is 20.8. The van der Waals surface area contributed by atoms with Gasteiger partial charge in [0.05, 0.1) is 23.3 Å². The number of rotatable bonds is 12. The summed E-state index contributed by atoms with van der Waals surface area (Å²) in [7, 11) is -3.86. The van der Waals surface area contributed by atoms with Crippen LogP contribution in [0.4, 0.5) is 22.2 Å². The summed E-state index contributed by atoms with van der Waals surface area (Å²) >= 11 is 0. The highest BCUT2D eigenvalue weighted by Crippen LogP contribution is 2.35. The maximum atomic E-state index is 12.9. The Kier molecular flexibility index (Phi) is 12.4. The number of carbonyl (C=O) groups is 2. The molecule has 1 aliphatic carbocycles. The van der Waals surface area contributed by atoms with E-state index < -0.39 is 40.3 Å². The number of nitrogens with one attached hydrogen (secondary N) is 4. The predicted molar refractivity (Wildman–Crippen MR) is 214 cm³/mol. The second-order valence-corrected chi connectivity index (χ2v) is 15.4. The van der Waals surface area contributed by atoms with Crippen LogP contribution in [0.5, 0.6) is 0 Å². The number of aliphatic hydroxyl groups excluding tert-OH is 2. The van der Waals surface area contributed by atoms with Crippen LogP contribution in [0.15, 0.2) is 96.2 Å². The number of sulfonamides is 1. The number of urea groups is 1. The maximum absolute atomic E-state index is 12.9. The van der Waals surface area contributed by atoms with Gasteiger partial charge >= 0.3 is 6.03 Å². The van der Waals surface area contributed by atoms with Crippen molar-refractivity contribution in [2.45, 2.75) is 67.3 Å². The Bertz CT molecular complexity index is 2210. The highest BCUT2D eigenvalue weighted by atomic mass is 35.5. The summed E-state index contributed by atoms with van der Waals surface area (Å²) < 4.78 is 24.9. The van der Waals surface area contributed by atoms with Crippen LogP contribution in [0.2, 0.25) is 0 Å². The van der Waals surface area contributed by atoms with Crippen LogP contribution in [0.3, 0.4) is 0 Å². The molecule has 1 saturated heterocycles. The maximum Gasteiger partial charge on any atom is 0.319 e. The lowest BCUT2D eigenvalue weighted by Gasteiger charge is -2.22. The van der Waals surface area contributed by atoms with E-state index in [2.05, 4.69) is 45.5 Å². The number of imidazole rings is 1. The smallest absolute Gasteiger partial charge is 0.319 e. The van der Waals surface area contributed by atoms with Gasteiger partial charge in [-0.3, -0.25) is 4.79 Å². The molecule has 18 heteroatoms. The number of nitrogens with two attached hydrogens (primary N) is 1. The number of aromatic nitrogens is 4. The average Bonchev–Trinajstić information content (AvgIpc) is 3.90. The van der Waals surface area contributed by atoms with Crippen molar-refractivity contribution in [3.05, 3.63) is 102 Å². The van der Waals surface area contributed by atoms with E-state index >= 15 is 0 Å². The molecular formula is C38H45ClN10O6S. The highest BCUT2D eigenvalue weighted by Gasteiger charge is 2.44. The first-order valence-corrected chi connectivity index (χ1v) is 19.7. The Morgan fingerprint density at radius 1 is 0.929 bits per heavy atom. The van der Waals surface area contributed by atoms with Crippen LogP contribution >= 0.6 is 12.4 Å². The zero-order valence-corrected chi connectivity index (χ0v) is 32.2. The number of amides is 3. The molecule has 0 radical (unpaired) electrons. The van der Waals surface area contributed by atoms with Crippen LogP contribution < -0.4 is 31.3 Å². The third-order valence-corrected chi connectivity index (χ3v) is 11.1. The number of carbonyl (C=O) groups excluding carboxylic acids is 2. The first kappa shape index (κ1) is 40.3. The molecule has 3 amide bonds. The minimum absolute atomic E-state index is 0. The van der Waals surface area contributed by atoms with Crippen LogP contribution in [0.1, 0.15) is 49.3 Å². The van der Waals surface area contributed by atoms with E-state index in [1.165, 1.54) is 24.3 Å². The van der Waals surface area contributed by atoms with Crippen molar-refractivity contribution >= 4 is 63.0 Å². The van der Waals surface area contributed by atoms with Crippen molar-refractivity contribution in [1.82, 2.24) is 30.2 Å². The van der Waals surface area contributed by atoms with E-state index in [-0.39, 0.29) is 48.0 Å². The quantitative estimate of drug-likeness (QED) is 0.0969. The Morgan fingerprint density at radius 3 is 2.21 bits per heavy atom. The van der Waals surface area contributed by atoms with Crippen LogP contribution in [0.25, 0.3) is 11.2 Å². The zero-order chi connectivity index (χ0) is 38.7. The van der Waals surface area contributed by atoms with Gasteiger partial charge in [-0.25, -0.2) is 23.3 Å². The van der Waals surface area contributed by atoms with Crippen LogP contribution in [0, 0.1) is 0 Å². The minimum atomic E-state index is -3.86. The number of nitrogens with zero attached hydrogens (tertiary/aromatic N) is 5. The molecule has 296 valence electrons. The van der Waals surface area contributed by atoms with Gasteiger partial charge in [0.15, 0.2) is 17.0 Å². The number of hydrogen-bond donors (Lipinski definition) is 7. The molecule has 3 aromatic carbocycles. The molecule has 5 atom stereocenters. The van der Waals surface area contributed by atoms with Gasteiger partial charge in [-0.15, -0.1) is 12.4 Å². The monoisotopic (exact) mass is 804 g/mol. The standard InChI is InChI=1S/C38H44N10O6S.ClH/c1-2-31(49)44-29-19-30(34(51)33(29)50)48-22-41-32-35(40-20-28(23-9-5-3-6-10-23)24-11-7-4-8-12-24)45-37(46-36(32)48)47-18-17-26(21-47)43-38(52)42-25-13-15-27(16-14-25)55(39,53)54;/h3-16,22,26,28-30,33-34,50-51H,2,17-21H2,1H3,(H,44,49)(H2,39,53,54)(H,40,45,46)(H2,42,43,52);1H/t26?,29-,30+,33+,34-;/m0./s1. The van der Waals surface area contributed by atoms with Crippen molar-refractivity contribution in [2.75, 3.05) is 35.2 Å². The van der Waals surface area contributed by atoms with Gasteiger partial charge in [-0.05, 0) is 48.2 Å². The third kappa shape index (κ3) is 8.87. The minimum Gasteiger partial charge on any atom is -0.388 e. The Labute approximate surface area is 330 Å². The molecule has 2 aliphatic rings. The molecule has 1 aliphatic heterocycles. The second-order valence-electron chi connectivity index (χ2n) is 13.9. The number of fused-ring (bicyclic) bond motifs is 1. The fraction of sp³-hybridized carbons (Fsp3) is 0.342. The Morgan fingerprint density at radius 2 is 1.59 bits per heavy atom. The van der Waals surface area contributed by atoms with Gasteiger partial charge in [0, 0.05) is 43.7 Å². The molecule has 0 bridgehead atoms. The first-order valence-electron chi connectivity index (χ1n) is 18.2. The number of aliphatic hydroxyl groups is 2. The number of anilines is 3. The van der Waals surface area contributed by atoms with Gasteiger partial charge in [-0.1, -0.05) is 67.6 Å². The van der Waals surface area contributed by atoms with Crippen LogP contribution in [-0.4, -0.2) is 94.0 Å². The molecule has 7 rings (SSSR count). The van der Waals surface area contributed by atoms with Crippen molar-refractivity contribution in [3.8, 4) is 0 Å². The van der Waals surface area contributed by atoms with E-state index in [1.807, 2.05) is 41.3 Å². The fourth-order valence-corrected chi connectivity index (χ4v) is 7.80. The summed E-state index contributed by atoms with van der Waals surface area (Å²) in [5.74, 6) is 0.625. The lowest BCUT2D eigenvalue weighted by Crippen LogP contribution is -2.42. The molecule has 2 fully saturated rings. The average molecular weight is 805 g/mol. The summed E-state index contributed by atoms with van der Waals surface area (Å²) in [4.78, 5) is 41.6. The summed E-state index contributed by atoms with van der Waals surface area (Å²) in [6, 6.07) is 23.9. The summed E-state index contributed by atoms with van der Waals surface area (Å²) in [5.41, 5.74) is 3.56. The van der Waals surface area contributed by atoms with Gasteiger partial charge in [-0.2, -0.15) is 9.97 Å². The fourth-order valence-electron chi connectivity index (χ4n) is 7.29. The molecular weight excluding hydrogens is 760 g/mol. The summed E-state index contributed by atoms with van der Waals surface area (Å²) in [6.07, 6.45) is 0.318. The predicted octanol–water partition coefficient (Wildman–Crippen LogP) is 3.10. The number of primary sulfonamides is 1. The molecule has 16 nitrogen and oxygen atoms in total. The molecule has 8 N–H and O–H groups in total. The van der Waals surface area contributed by atoms with E-state index in [4.69, 9.17) is 20.1 Å². The van der Waals surface area contributed by atoms with Crippen molar-refractivity contribution in [3.63, 3.8) is 0 Å². The van der Waals surface area contributed by atoms with E-state index in [9.17, 15) is 28.2 Å². The number of halogens is 1. The number of hydrogen-bond acceptors (Lipinski definition) is 11. The lowest BCUT2D eigenvalue weighted by atomic mass is 9.91. The summed E-state index contributed by atoms with van der Waals surface area (Å²) in [6.45, 7) is 3.12. The second kappa shape index (κ2) is 17.2. The SMILES string of the molecule is CCC(=O)N[C@H]1C[C@@H](n2cnc3c(NCC(c4ccccc4)c4ccccc4)nc(N4CCC(NC(=O)Nc5ccc(S(N)(=O)=O)cc5)C4)nc32)[C@H](O)[C@@H]1O.Cl. The largest absolute Gasteiger partial charge is 0.388 e. The molecule has 1 unspecified atom stereocenters. The number of benzene rings is 3. The third-order valence-electron chi connectivity index (χ3n) is 10.2. The Hall–Kier alpha value is -5.33. The van der Waals surface area contributed by atoms with Gasteiger partial charge < -0.3 is 40.9 Å². The summed E-state index contributed by atoms with van der Waals surface area (Å²) in [5, 5.41) is 39.3. The van der Waals surface area contributed by atoms with Gasteiger partial charge in [0.2, 0.25) is 21.9 Å². The van der Waals surface area contributed by atoms with Crippen molar-refractivity contribution < 1.29 is 28.2 Å². The molecule has 1 saturated carbocycles. The van der Waals surface area contributed by atoms with E-state index in [0.717, 1.165) is 11.1 Å². The van der Waals surface area contributed by atoms with Gasteiger partial charge in [0.25, 0.3) is 0 Å². The van der Waals surface area contributed by atoms with E-state index in [1.54, 1.807) is 17.8 Å². The van der Waals surface area contributed by atoms with Crippen LogP contribution in [-0.2, 0) is 14.8 Å². The lowest BCUT2D eigenvalue weighted by molar-refractivity contribution is -0.122. The van der Waals surface area contributed by atoms with Crippen molar-refractivity contribution in [2.24, 2.45) is 5.14 Å². The molecule has 56 heavy (non-hydrogen) atoms. The Balaban J connectivity index is 0.00000532. The highest BCUT2D eigenvalue weighted by molar-refractivity contribution is 7.89. The zero-order valence-electron chi connectivity index (χ0n) is 30.5. The van der Waals surface area contributed by atoms with Gasteiger partial charge in [0.1, 0.15) is 12.2 Å². The first-order chi connectivity index (χ1) is 26.5. The molecule has 3 heterocycles. The topological polar surface area (TPSA) is 230 Å². The molecule has 2 aromatic heterocycles. The molecule has 5 aromatic rings. The van der Waals surface area contributed by atoms with E-state index in [0.29, 0.717) is 54.7 Å².